The number of pyridine rings is 1. The normalized spacial score (nSPS) is 19.1. The van der Waals surface area contributed by atoms with Gasteiger partial charge in [-0.3, -0.25) is 4.90 Å². The number of cyclic esters (lactones) is 1. The molecule has 1 aromatic carbocycles. The third-order valence-corrected chi connectivity index (χ3v) is 6.27. The zero-order valence-electron chi connectivity index (χ0n) is 18.7. The summed E-state index contributed by atoms with van der Waals surface area (Å²) in [5.41, 5.74) is 13.4. The van der Waals surface area contributed by atoms with Crippen molar-refractivity contribution in [3.05, 3.63) is 69.2 Å². The first kappa shape index (κ1) is 21.8. The zero-order chi connectivity index (χ0) is 22.8. The minimum Gasteiger partial charge on any atom is -0.457 e. The summed E-state index contributed by atoms with van der Waals surface area (Å²) < 4.78 is 5.20. The molecule has 8 nitrogen and oxygen atoms in total. The summed E-state index contributed by atoms with van der Waals surface area (Å²) in [5.74, 6) is 0.436. The molecule has 0 bridgehead atoms. The maximum atomic E-state index is 11.8. The topological polar surface area (TPSA) is 116 Å². The van der Waals surface area contributed by atoms with Gasteiger partial charge in [0.1, 0.15) is 18.5 Å². The van der Waals surface area contributed by atoms with Crippen molar-refractivity contribution in [1.82, 2.24) is 15.2 Å². The Morgan fingerprint density at radius 1 is 1.44 bits per heavy atom. The fourth-order valence-electron chi connectivity index (χ4n) is 4.28. The first-order valence-electron chi connectivity index (χ1n) is 10.7. The molecule has 0 amide bonds. The van der Waals surface area contributed by atoms with Gasteiger partial charge < -0.3 is 21.1 Å². The fourth-order valence-corrected chi connectivity index (χ4v) is 4.28. The van der Waals surface area contributed by atoms with Crippen LogP contribution in [0.4, 0.5) is 5.82 Å². The summed E-state index contributed by atoms with van der Waals surface area (Å²) in [6.45, 7) is 9.44. The Balaban J connectivity index is 1.44. The molecule has 3 heterocycles. The van der Waals surface area contributed by atoms with Gasteiger partial charge in [-0.25, -0.2) is 9.78 Å². The van der Waals surface area contributed by atoms with E-state index in [2.05, 4.69) is 33.5 Å². The monoisotopic (exact) mass is 432 g/mol. The number of esters is 1. The largest absolute Gasteiger partial charge is 0.457 e. The maximum Gasteiger partial charge on any atom is 0.338 e. The van der Waals surface area contributed by atoms with Crippen LogP contribution in [0, 0.1) is 25.2 Å². The summed E-state index contributed by atoms with van der Waals surface area (Å²) in [7, 11) is 0. The summed E-state index contributed by atoms with van der Waals surface area (Å²) in [5, 5.41) is 15.9. The first-order chi connectivity index (χ1) is 15.4. The number of carbonyl (C=O) groups is 1. The number of hydrogen-bond acceptors (Lipinski definition) is 8. The van der Waals surface area contributed by atoms with Crippen molar-refractivity contribution in [3.8, 4) is 6.07 Å². The van der Waals surface area contributed by atoms with Gasteiger partial charge in [-0.05, 0) is 49.6 Å². The zero-order valence-corrected chi connectivity index (χ0v) is 18.7. The van der Waals surface area contributed by atoms with Gasteiger partial charge in [0.2, 0.25) is 0 Å². The highest BCUT2D eigenvalue weighted by Gasteiger charge is 2.28. The molecule has 0 radical (unpaired) electrons. The summed E-state index contributed by atoms with van der Waals surface area (Å²) in [6, 6.07) is 8.05. The Labute approximate surface area is 188 Å². The smallest absolute Gasteiger partial charge is 0.338 e. The molecule has 4 N–H and O–H groups in total. The number of nitrogens with zero attached hydrogens (tertiary/aromatic N) is 3. The van der Waals surface area contributed by atoms with E-state index in [1.165, 1.54) is 5.56 Å². The van der Waals surface area contributed by atoms with E-state index in [-0.39, 0.29) is 12.0 Å². The van der Waals surface area contributed by atoms with Crippen LogP contribution >= 0.6 is 0 Å². The molecule has 32 heavy (non-hydrogen) atoms. The minimum atomic E-state index is -0.235. The van der Waals surface area contributed by atoms with Crippen LogP contribution in [-0.2, 0) is 11.3 Å². The molecule has 1 atom stereocenters. The highest BCUT2D eigenvalue weighted by molar-refractivity contribution is 5.94. The van der Waals surface area contributed by atoms with Crippen molar-refractivity contribution in [2.75, 3.05) is 31.5 Å². The van der Waals surface area contributed by atoms with Crippen molar-refractivity contribution in [3.63, 3.8) is 0 Å². The number of allylic oxidation sites excluding steroid dienone is 1. The molecule has 0 aliphatic carbocycles. The number of rotatable bonds is 5. The number of ether oxygens (including phenoxy) is 1. The SMILES string of the molecule is C/C(Nc1cc(C)c(C#N)cn1)=C(/N)CN1CCN[C@H](c2ccc3c(c2C)COC3=O)C1. The molecular formula is C24H28N6O2. The maximum absolute atomic E-state index is 11.8. The quantitative estimate of drug-likeness (QED) is 0.617. The van der Waals surface area contributed by atoms with Gasteiger partial charge in [0.05, 0.1) is 11.1 Å². The van der Waals surface area contributed by atoms with Crippen LogP contribution in [-0.4, -0.2) is 42.0 Å². The van der Waals surface area contributed by atoms with Crippen LogP contribution in [0.5, 0.6) is 0 Å². The van der Waals surface area contributed by atoms with E-state index < -0.39 is 0 Å². The van der Waals surface area contributed by atoms with Crippen LogP contribution < -0.4 is 16.4 Å². The number of nitriles is 1. The number of fused-ring (bicyclic) bond motifs is 1. The average Bonchev–Trinajstić information content (AvgIpc) is 3.16. The Kier molecular flexibility index (Phi) is 6.12. The van der Waals surface area contributed by atoms with Gasteiger partial charge in [0.25, 0.3) is 0 Å². The number of benzene rings is 1. The number of aryl methyl sites for hydroxylation is 1. The lowest BCUT2D eigenvalue weighted by Gasteiger charge is -2.35. The Morgan fingerprint density at radius 3 is 3.00 bits per heavy atom. The second-order valence-electron chi connectivity index (χ2n) is 8.40. The molecule has 0 unspecified atom stereocenters. The molecule has 2 aliphatic rings. The molecule has 0 saturated carbocycles. The Morgan fingerprint density at radius 2 is 2.25 bits per heavy atom. The predicted octanol–water partition coefficient (Wildman–Crippen LogP) is 2.49. The molecule has 8 heteroatoms. The second-order valence-corrected chi connectivity index (χ2v) is 8.40. The first-order valence-corrected chi connectivity index (χ1v) is 10.7. The lowest BCUT2D eigenvalue weighted by molar-refractivity contribution is 0.0535. The van der Waals surface area contributed by atoms with E-state index in [1.54, 1.807) is 6.20 Å². The van der Waals surface area contributed by atoms with Gasteiger partial charge in [-0.2, -0.15) is 5.26 Å². The van der Waals surface area contributed by atoms with Crippen molar-refractivity contribution in [2.45, 2.75) is 33.4 Å². The predicted molar refractivity (Wildman–Crippen MR) is 122 cm³/mol. The molecule has 2 aromatic rings. The van der Waals surface area contributed by atoms with Gasteiger partial charge in [0, 0.05) is 55.4 Å². The van der Waals surface area contributed by atoms with Crippen LogP contribution in [0.15, 0.2) is 35.8 Å². The Bertz CT molecular complexity index is 1130. The number of anilines is 1. The highest BCUT2D eigenvalue weighted by Crippen LogP contribution is 2.30. The van der Waals surface area contributed by atoms with Crippen LogP contribution in [0.25, 0.3) is 0 Å². The number of aromatic nitrogens is 1. The van der Waals surface area contributed by atoms with Crippen LogP contribution in [0.1, 0.15) is 51.1 Å². The van der Waals surface area contributed by atoms with E-state index in [0.717, 1.165) is 47.7 Å². The van der Waals surface area contributed by atoms with Gasteiger partial charge >= 0.3 is 5.97 Å². The van der Waals surface area contributed by atoms with E-state index in [0.29, 0.717) is 30.1 Å². The standard InChI is InChI=1S/C24H28N6O2/c1-14-8-23(28-10-17(14)9-25)29-16(3)21(26)11-30-7-6-27-22(12-30)18-4-5-19-20(15(18)2)13-32-24(19)31/h4-5,8,10,22,27H,6-7,11-13,26H2,1-3H3,(H,28,29)/b21-16-/t22-/m0/s1. The van der Waals surface area contributed by atoms with Crippen LogP contribution in [0.2, 0.25) is 0 Å². The molecular weight excluding hydrogens is 404 g/mol. The molecule has 4 rings (SSSR count). The number of carbonyl (C=O) groups excluding carboxylic acids is 1. The van der Waals surface area contributed by atoms with E-state index in [4.69, 9.17) is 15.7 Å². The van der Waals surface area contributed by atoms with Crippen molar-refractivity contribution in [2.24, 2.45) is 5.73 Å². The summed E-state index contributed by atoms with van der Waals surface area (Å²) >= 11 is 0. The summed E-state index contributed by atoms with van der Waals surface area (Å²) in [4.78, 5) is 18.5. The molecule has 0 spiro atoms. The lowest BCUT2D eigenvalue weighted by Crippen LogP contribution is -2.47. The minimum absolute atomic E-state index is 0.161. The third-order valence-electron chi connectivity index (χ3n) is 6.27. The van der Waals surface area contributed by atoms with Gasteiger partial charge in [0.15, 0.2) is 0 Å². The fraction of sp³-hybridized carbons (Fsp3) is 0.375. The van der Waals surface area contributed by atoms with E-state index in [9.17, 15) is 4.79 Å². The van der Waals surface area contributed by atoms with E-state index in [1.807, 2.05) is 32.0 Å². The lowest BCUT2D eigenvalue weighted by atomic mass is 9.93. The molecule has 1 saturated heterocycles. The third kappa shape index (κ3) is 4.31. The van der Waals surface area contributed by atoms with Crippen LogP contribution in [0.3, 0.4) is 0 Å². The molecule has 166 valence electrons. The number of piperazine rings is 1. The molecule has 1 aromatic heterocycles. The number of nitrogens with one attached hydrogen (secondary N) is 2. The second kappa shape index (κ2) is 8.99. The summed E-state index contributed by atoms with van der Waals surface area (Å²) in [6.07, 6.45) is 1.57. The number of nitrogens with two attached hydrogens (primary N) is 1. The van der Waals surface area contributed by atoms with Gasteiger partial charge in [-0.15, -0.1) is 0 Å². The van der Waals surface area contributed by atoms with Gasteiger partial charge in [-0.1, -0.05) is 6.07 Å². The van der Waals surface area contributed by atoms with Crippen molar-refractivity contribution in [1.29, 1.82) is 5.26 Å². The number of hydrogen-bond donors (Lipinski definition) is 3. The van der Waals surface area contributed by atoms with Crippen molar-refractivity contribution >= 4 is 11.8 Å². The van der Waals surface area contributed by atoms with E-state index >= 15 is 0 Å². The molecule has 1 fully saturated rings. The molecule has 2 aliphatic heterocycles. The average molecular weight is 433 g/mol. The Hall–Kier alpha value is -3.41. The van der Waals surface area contributed by atoms with Crippen molar-refractivity contribution < 1.29 is 9.53 Å². The highest BCUT2D eigenvalue weighted by atomic mass is 16.5.